The van der Waals surface area contributed by atoms with Gasteiger partial charge in [-0.05, 0) is 48.5 Å². The van der Waals surface area contributed by atoms with Crippen molar-refractivity contribution >= 4 is 33.0 Å². The molecule has 0 aliphatic heterocycles. The van der Waals surface area contributed by atoms with Gasteiger partial charge in [0.15, 0.2) is 15.6 Å². The van der Waals surface area contributed by atoms with E-state index in [4.69, 9.17) is 4.42 Å². The van der Waals surface area contributed by atoms with Crippen LogP contribution in [0.3, 0.4) is 0 Å². The van der Waals surface area contributed by atoms with Gasteiger partial charge in [0.2, 0.25) is 0 Å². The average molecular weight is 384 g/mol. The molecule has 8 heteroatoms. The second-order valence-electron chi connectivity index (χ2n) is 5.77. The van der Waals surface area contributed by atoms with Gasteiger partial charge in [-0.2, -0.15) is 0 Å². The molecule has 0 saturated carbocycles. The van der Waals surface area contributed by atoms with Gasteiger partial charge in [-0.1, -0.05) is 12.1 Å². The van der Waals surface area contributed by atoms with Gasteiger partial charge in [-0.15, -0.1) is 0 Å². The molecule has 0 aliphatic carbocycles. The number of rotatable bonds is 5. The Morgan fingerprint density at radius 1 is 0.852 bits per heavy atom. The number of furan rings is 1. The van der Waals surface area contributed by atoms with Crippen molar-refractivity contribution < 1.29 is 22.4 Å². The molecule has 0 radical (unpaired) electrons. The molecular weight excluding hydrogens is 368 g/mol. The molecule has 2 N–H and O–H groups in total. The van der Waals surface area contributed by atoms with Crippen molar-refractivity contribution in [2.45, 2.75) is 4.90 Å². The van der Waals surface area contributed by atoms with Crippen LogP contribution in [-0.4, -0.2) is 26.5 Å². The largest absolute Gasteiger partial charge is 0.459 e. The summed E-state index contributed by atoms with van der Waals surface area (Å²) >= 11 is 0. The van der Waals surface area contributed by atoms with Crippen LogP contribution in [0.2, 0.25) is 0 Å². The molecule has 3 rings (SSSR count). The maximum Gasteiger partial charge on any atom is 0.291 e. The molecule has 0 spiro atoms. The maximum absolute atomic E-state index is 12.4. The van der Waals surface area contributed by atoms with Gasteiger partial charge in [0.25, 0.3) is 11.8 Å². The van der Waals surface area contributed by atoms with Gasteiger partial charge < -0.3 is 15.1 Å². The fourth-order valence-corrected chi connectivity index (χ4v) is 3.01. The number of amides is 2. The lowest BCUT2D eigenvalue weighted by Crippen LogP contribution is -2.14. The predicted octanol–water partition coefficient (Wildman–Crippen LogP) is 3.19. The van der Waals surface area contributed by atoms with Crippen molar-refractivity contribution in [3.63, 3.8) is 0 Å². The lowest BCUT2D eigenvalue weighted by Gasteiger charge is -2.09. The number of sulfone groups is 1. The van der Waals surface area contributed by atoms with Gasteiger partial charge >= 0.3 is 0 Å². The maximum atomic E-state index is 12.4. The van der Waals surface area contributed by atoms with Gasteiger partial charge in [0.05, 0.1) is 11.2 Å². The van der Waals surface area contributed by atoms with E-state index in [1.54, 1.807) is 30.3 Å². The van der Waals surface area contributed by atoms with E-state index in [9.17, 15) is 18.0 Å². The predicted molar refractivity (Wildman–Crippen MR) is 101 cm³/mol. The number of anilines is 2. The van der Waals surface area contributed by atoms with E-state index in [1.165, 1.54) is 36.6 Å². The van der Waals surface area contributed by atoms with E-state index < -0.39 is 21.7 Å². The Labute approximate surface area is 155 Å². The molecule has 138 valence electrons. The Morgan fingerprint density at radius 2 is 1.52 bits per heavy atom. The minimum atomic E-state index is -3.41. The van der Waals surface area contributed by atoms with E-state index in [0.29, 0.717) is 11.4 Å². The first kappa shape index (κ1) is 18.4. The van der Waals surface area contributed by atoms with Gasteiger partial charge in [-0.3, -0.25) is 9.59 Å². The van der Waals surface area contributed by atoms with Gasteiger partial charge in [0.1, 0.15) is 0 Å². The quantitative estimate of drug-likeness (QED) is 0.703. The fourth-order valence-electron chi connectivity index (χ4n) is 2.35. The van der Waals surface area contributed by atoms with E-state index in [1.807, 2.05) is 0 Å². The summed E-state index contributed by atoms with van der Waals surface area (Å²) in [5.41, 5.74) is 1.13. The summed E-state index contributed by atoms with van der Waals surface area (Å²) in [4.78, 5) is 24.5. The van der Waals surface area contributed by atoms with Crippen LogP contribution in [0.1, 0.15) is 20.9 Å². The Balaban J connectivity index is 1.74. The van der Waals surface area contributed by atoms with Crippen molar-refractivity contribution in [2.24, 2.45) is 0 Å². The van der Waals surface area contributed by atoms with Crippen LogP contribution in [0.15, 0.2) is 76.2 Å². The van der Waals surface area contributed by atoms with Crippen molar-refractivity contribution in [1.29, 1.82) is 0 Å². The Morgan fingerprint density at radius 3 is 2.15 bits per heavy atom. The molecule has 0 unspecified atom stereocenters. The highest BCUT2D eigenvalue weighted by atomic mass is 32.2. The van der Waals surface area contributed by atoms with Crippen LogP contribution in [-0.2, 0) is 9.84 Å². The second-order valence-corrected chi connectivity index (χ2v) is 7.78. The molecule has 0 fully saturated rings. The van der Waals surface area contributed by atoms with Crippen molar-refractivity contribution in [2.75, 3.05) is 16.9 Å². The molecule has 2 aromatic carbocycles. The lowest BCUT2D eigenvalue weighted by atomic mass is 10.2. The van der Waals surface area contributed by atoms with E-state index in [-0.39, 0.29) is 16.2 Å². The Bertz CT molecular complexity index is 1090. The summed E-state index contributed by atoms with van der Waals surface area (Å²) in [6, 6.07) is 15.5. The van der Waals surface area contributed by atoms with Gasteiger partial charge in [-0.25, -0.2) is 8.42 Å². The smallest absolute Gasteiger partial charge is 0.291 e. The van der Waals surface area contributed by atoms with Gasteiger partial charge in [0, 0.05) is 23.2 Å². The number of carbonyl (C=O) groups excluding carboxylic acids is 2. The van der Waals surface area contributed by atoms with Crippen LogP contribution in [0.25, 0.3) is 0 Å². The highest BCUT2D eigenvalue weighted by Crippen LogP contribution is 2.18. The average Bonchev–Trinajstić information content (AvgIpc) is 3.16. The molecular formula is C19H16N2O5S. The number of nitrogens with one attached hydrogen (secondary N) is 2. The molecule has 0 atom stereocenters. The summed E-state index contributed by atoms with van der Waals surface area (Å²) < 4.78 is 28.3. The molecule has 7 nitrogen and oxygen atoms in total. The number of hydrogen-bond acceptors (Lipinski definition) is 5. The Hall–Kier alpha value is -3.39. The third kappa shape index (κ3) is 4.62. The van der Waals surface area contributed by atoms with Crippen molar-refractivity contribution in [3.8, 4) is 0 Å². The van der Waals surface area contributed by atoms with Crippen LogP contribution in [0.5, 0.6) is 0 Å². The van der Waals surface area contributed by atoms with E-state index in [2.05, 4.69) is 10.6 Å². The highest BCUT2D eigenvalue weighted by molar-refractivity contribution is 7.90. The Kier molecular flexibility index (Phi) is 5.09. The normalized spacial score (nSPS) is 11.0. The summed E-state index contributed by atoms with van der Waals surface area (Å²) in [5.74, 6) is -0.707. The highest BCUT2D eigenvalue weighted by Gasteiger charge is 2.13. The zero-order chi connectivity index (χ0) is 19.4. The summed E-state index contributed by atoms with van der Waals surface area (Å²) in [6.45, 7) is 0. The monoisotopic (exact) mass is 384 g/mol. The summed E-state index contributed by atoms with van der Waals surface area (Å²) in [7, 11) is -3.41. The first-order chi connectivity index (χ1) is 12.8. The molecule has 27 heavy (non-hydrogen) atoms. The first-order valence-corrected chi connectivity index (χ1v) is 9.78. The van der Waals surface area contributed by atoms with Crippen LogP contribution in [0.4, 0.5) is 11.4 Å². The number of hydrogen-bond donors (Lipinski definition) is 2. The molecule has 1 aromatic heterocycles. The zero-order valence-corrected chi connectivity index (χ0v) is 15.1. The summed E-state index contributed by atoms with van der Waals surface area (Å²) in [6.07, 6.45) is 2.48. The minimum Gasteiger partial charge on any atom is -0.459 e. The molecule has 3 aromatic rings. The SMILES string of the molecule is CS(=O)(=O)c1cccc(C(=O)Nc2cccc(NC(=O)c3ccco3)c2)c1. The van der Waals surface area contributed by atoms with Crippen molar-refractivity contribution in [3.05, 3.63) is 78.3 Å². The van der Waals surface area contributed by atoms with E-state index >= 15 is 0 Å². The van der Waals surface area contributed by atoms with E-state index in [0.717, 1.165) is 6.26 Å². The first-order valence-electron chi connectivity index (χ1n) is 7.89. The van der Waals surface area contributed by atoms with Crippen molar-refractivity contribution in [1.82, 2.24) is 0 Å². The lowest BCUT2D eigenvalue weighted by molar-refractivity contribution is 0.0995. The number of benzene rings is 2. The number of carbonyl (C=O) groups is 2. The molecule has 2 amide bonds. The molecule has 0 saturated heterocycles. The second kappa shape index (κ2) is 7.46. The third-order valence-electron chi connectivity index (χ3n) is 3.65. The zero-order valence-electron chi connectivity index (χ0n) is 14.3. The molecule has 0 bridgehead atoms. The van der Waals surface area contributed by atoms with Crippen LogP contribution in [0, 0.1) is 0 Å². The third-order valence-corrected chi connectivity index (χ3v) is 4.76. The topological polar surface area (TPSA) is 105 Å². The fraction of sp³-hybridized carbons (Fsp3) is 0.0526. The summed E-state index contributed by atoms with van der Waals surface area (Å²) in [5, 5.41) is 5.34. The standard InChI is InChI=1S/C19H16N2O5S/c1-27(24,25)16-8-2-5-13(11-16)18(22)20-14-6-3-7-15(12-14)21-19(23)17-9-4-10-26-17/h2-12H,1H3,(H,20,22)(H,21,23). The van der Waals surface area contributed by atoms with Crippen LogP contribution >= 0.6 is 0 Å². The molecule has 0 aliphatic rings. The molecule has 1 heterocycles. The minimum absolute atomic E-state index is 0.0645. The van der Waals surface area contributed by atoms with Crippen LogP contribution < -0.4 is 10.6 Å².